The summed E-state index contributed by atoms with van der Waals surface area (Å²) in [7, 11) is 0. The van der Waals surface area contributed by atoms with E-state index in [9.17, 15) is 0 Å². The molecule has 0 radical (unpaired) electrons. The smallest absolute Gasteiger partial charge is 0.167 e. The second kappa shape index (κ2) is 9.49. The zero-order valence-electron chi connectivity index (χ0n) is 18.1. The molecule has 3 nitrogen and oxygen atoms in total. The van der Waals surface area contributed by atoms with Crippen LogP contribution in [0.15, 0.2) is 39.8 Å². The first-order valence-electron chi connectivity index (χ1n) is 10.9. The molecule has 1 N–H and O–H groups in total. The quantitative estimate of drug-likeness (QED) is 0.561. The molecule has 2 fully saturated rings. The molecule has 2 aliphatic rings. The molecule has 1 aromatic heterocycles. The molecule has 2 unspecified atom stereocenters. The first-order valence-corrected chi connectivity index (χ1v) is 12.1. The van der Waals surface area contributed by atoms with Crippen LogP contribution in [-0.4, -0.2) is 17.0 Å². The Morgan fingerprint density at radius 2 is 1.71 bits per heavy atom. The van der Waals surface area contributed by atoms with Crippen molar-refractivity contribution in [2.24, 2.45) is 17.8 Å². The molecule has 1 aromatic carbocycles. The summed E-state index contributed by atoms with van der Waals surface area (Å²) in [6.07, 6.45) is 8.85. The van der Waals surface area contributed by atoms with Crippen molar-refractivity contribution in [3.8, 4) is 11.3 Å². The Bertz CT molecular complexity index is 720. The van der Waals surface area contributed by atoms with Gasteiger partial charge in [-0.05, 0) is 68.2 Å². The first kappa shape index (κ1) is 21.4. The van der Waals surface area contributed by atoms with E-state index in [0.29, 0.717) is 5.54 Å². The van der Waals surface area contributed by atoms with E-state index in [2.05, 4.69) is 60.9 Å². The molecule has 154 valence electrons. The molecule has 1 heterocycles. The van der Waals surface area contributed by atoms with Gasteiger partial charge in [0, 0.05) is 28.6 Å². The van der Waals surface area contributed by atoms with Crippen molar-refractivity contribution in [2.75, 3.05) is 6.26 Å². The topological polar surface area (TPSA) is 38.1 Å². The van der Waals surface area contributed by atoms with Crippen LogP contribution < -0.4 is 5.32 Å². The predicted octanol–water partition coefficient (Wildman–Crippen LogP) is 6.78. The highest BCUT2D eigenvalue weighted by Gasteiger charge is 2.43. The highest BCUT2D eigenvalue weighted by atomic mass is 32.2. The number of rotatable bonds is 5. The van der Waals surface area contributed by atoms with Gasteiger partial charge in [-0.25, -0.2) is 0 Å². The minimum Gasteiger partial charge on any atom is -0.356 e. The molecule has 2 saturated carbocycles. The van der Waals surface area contributed by atoms with E-state index in [-0.39, 0.29) is 0 Å². The summed E-state index contributed by atoms with van der Waals surface area (Å²) in [6.45, 7) is 9.65. The average Bonchev–Trinajstić information content (AvgIpc) is 3.16. The Morgan fingerprint density at radius 1 is 1.07 bits per heavy atom. The average molecular weight is 401 g/mol. The Morgan fingerprint density at radius 3 is 2.32 bits per heavy atom. The molecule has 28 heavy (non-hydrogen) atoms. The summed E-state index contributed by atoms with van der Waals surface area (Å²) in [5, 5.41) is 8.22. The normalized spacial score (nSPS) is 29.1. The first-order chi connectivity index (χ1) is 13.5. The van der Waals surface area contributed by atoms with Gasteiger partial charge in [0.2, 0.25) is 0 Å². The Hall–Kier alpha value is -1.26. The van der Waals surface area contributed by atoms with Crippen LogP contribution in [0.3, 0.4) is 0 Å². The fraction of sp³-hybridized carbons (Fsp3) is 0.625. The third-order valence-electron chi connectivity index (χ3n) is 6.21. The minimum absolute atomic E-state index is 0.305. The minimum atomic E-state index is 0.305. The number of hydrogen-bond acceptors (Lipinski definition) is 4. The van der Waals surface area contributed by atoms with E-state index in [0.717, 1.165) is 41.3 Å². The van der Waals surface area contributed by atoms with E-state index >= 15 is 0 Å². The summed E-state index contributed by atoms with van der Waals surface area (Å²) in [4.78, 5) is 1.27. The second-order valence-corrected chi connectivity index (χ2v) is 9.58. The Labute approximate surface area is 175 Å². The maximum Gasteiger partial charge on any atom is 0.167 e. The number of benzene rings is 1. The van der Waals surface area contributed by atoms with Crippen LogP contribution in [0.4, 0.5) is 0 Å². The molecule has 0 amide bonds. The highest BCUT2D eigenvalue weighted by molar-refractivity contribution is 7.98. The number of thioether (sulfide) groups is 1. The fourth-order valence-corrected chi connectivity index (χ4v) is 5.89. The Kier molecular flexibility index (Phi) is 7.27. The maximum absolute atomic E-state index is 5.61. The third-order valence-corrected chi connectivity index (χ3v) is 6.95. The molecule has 0 aliphatic heterocycles. The van der Waals surface area contributed by atoms with Gasteiger partial charge in [0.25, 0.3) is 0 Å². The third kappa shape index (κ3) is 5.01. The molecule has 4 rings (SSSR count). The number of nitrogens with zero attached hydrogens (tertiary/aromatic N) is 1. The molecule has 2 atom stereocenters. The van der Waals surface area contributed by atoms with Crippen molar-refractivity contribution < 1.29 is 4.52 Å². The summed E-state index contributed by atoms with van der Waals surface area (Å²) in [6, 6.07) is 10.6. The lowest BCUT2D eigenvalue weighted by Gasteiger charge is -2.50. The van der Waals surface area contributed by atoms with Gasteiger partial charge in [-0.1, -0.05) is 45.0 Å². The molecule has 0 saturated heterocycles. The molecule has 2 bridgehead atoms. The number of hydrogen-bond donors (Lipinski definition) is 1. The van der Waals surface area contributed by atoms with Crippen LogP contribution >= 0.6 is 11.8 Å². The molecule has 2 aliphatic carbocycles. The van der Waals surface area contributed by atoms with Crippen LogP contribution in [0.2, 0.25) is 0 Å². The van der Waals surface area contributed by atoms with Crippen LogP contribution in [0, 0.1) is 17.8 Å². The number of fused-ring (bicyclic) bond motifs is 2. The summed E-state index contributed by atoms with van der Waals surface area (Å²) in [5.74, 6) is 3.42. The zero-order valence-corrected chi connectivity index (χ0v) is 18.9. The summed E-state index contributed by atoms with van der Waals surface area (Å²) < 4.78 is 5.61. The molecule has 4 heteroatoms. The van der Waals surface area contributed by atoms with E-state index in [1.165, 1.54) is 37.0 Å². The van der Waals surface area contributed by atoms with Gasteiger partial charge in [0.15, 0.2) is 5.76 Å². The van der Waals surface area contributed by atoms with E-state index in [4.69, 9.17) is 4.52 Å². The summed E-state index contributed by atoms with van der Waals surface area (Å²) >= 11 is 1.75. The standard InChI is InChI=1S/C22H30N2OS.C2H6/c1-15-8-17-9-16(2)12-22(11-15,13-17)23-14-19-10-21(25-24-19)18-4-6-20(26-3)7-5-18;1-2/h4-7,10,15-17,23H,8-9,11-14H2,1-3H3;1-2H3. The van der Waals surface area contributed by atoms with Gasteiger partial charge >= 0.3 is 0 Å². The van der Waals surface area contributed by atoms with Gasteiger partial charge in [0.05, 0.1) is 5.69 Å². The number of aromatic nitrogens is 1. The monoisotopic (exact) mass is 400 g/mol. The lowest BCUT2D eigenvalue weighted by Crippen LogP contribution is -2.54. The molecule has 0 spiro atoms. The predicted molar refractivity (Wildman–Crippen MR) is 120 cm³/mol. The van der Waals surface area contributed by atoms with Gasteiger partial charge in [-0.15, -0.1) is 11.8 Å². The van der Waals surface area contributed by atoms with Crippen LogP contribution in [0.1, 0.15) is 65.5 Å². The van der Waals surface area contributed by atoms with Crippen LogP contribution in [0.25, 0.3) is 11.3 Å². The zero-order chi connectivity index (χ0) is 20.1. The van der Waals surface area contributed by atoms with Gasteiger partial charge < -0.3 is 9.84 Å². The largest absolute Gasteiger partial charge is 0.356 e. The second-order valence-electron chi connectivity index (χ2n) is 8.71. The van der Waals surface area contributed by atoms with E-state index in [1.54, 1.807) is 11.8 Å². The van der Waals surface area contributed by atoms with Crippen molar-refractivity contribution in [1.82, 2.24) is 10.5 Å². The van der Waals surface area contributed by atoms with Crippen molar-refractivity contribution in [1.29, 1.82) is 0 Å². The Balaban J connectivity index is 0.00000109. The van der Waals surface area contributed by atoms with Crippen molar-refractivity contribution in [2.45, 2.75) is 76.8 Å². The van der Waals surface area contributed by atoms with Crippen molar-refractivity contribution in [3.05, 3.63) is 36.0 Å². The lowest BCUT2D eigenvalue weighted by molar-refractivity contribution is 0.0538. The molecular weight excluding hydrogens is 364 g/mol. The van der Waals surface area contributed by atoms with Gasteiger partial charge in [-0.2, -0.15) is 0 Å². The van der Waals surface area contributed by atoms with Crippen LogP contribution in [-0.2, 0) is 6.54 Å². The SMILES string of the molecule is CC.CSc1ccc(-c2cc(CNC34CC(C)CC(CC(C)C3)C4)no2)cc1. The van der Waals surface area contributed by atoms with E-state index in [1.807, 2.05) is 13.8 Å². The summed E-state index contributed by atoms with van der Waals surface area (Å²) in [5.41, 5.74) is 2.41. The highest BCUT2D eigenvalue weighted by Crippen LogP contribution is 2.47. The van der Waals surface area contributed by atoms with Gasteiger partial charge in [0.1, 0.15) is 0 Å². The lowest BCUT2D eigenvalue weighted by atomic mass is 9.61. The van der Waals surface area contributed by atoms with Gasteiger partial charge in [-0.3, -0.25) is 0 Å². The molecule has 2 aromatic rings. The molecular formula is C24H36N2OS. The maximum atomic E-state index is 5.61. The van der Waals surface area contributed by atoms with Crippen LogP contribution in [0.5, 0.6) is 0 Å². The van der Waals surface area contributed by atoms with E-state index < -0.39 is 0 Å². The van der Waals surface area contributed by atoms with Crippen molar-refractivity contribution in [3.63, 3.8) is 0 Å². The van der Waals surface area contributed by atoms with Crippen molar-refractivity contribution >= 4 is 11.8 Å². The number of nitrogens with one attached hydrogen (secondary N) is 1. The fourth-order valence-electron chi connectivity index (χ4n) is 5.49.